The Hall–Kier alpha value is -2.72. The molecule has 0 saturated carbocycles. The molecule has 2 aliphatic rings. The minimum absolute atomic E-state index is 0.0501. The molecule has 298 valence electrons. The summed E-state index contributed by atoms with van der Waals surface area (Å²) in [6.07, 6.45) is -0.814. The van der Waals surface area contributed by atoms with Crippen molar-refractivity contribution < 1.29 is 9.90 Å². The van der Waals surface area contributed by atoms with Crippen LogP contribution in [0.2, 0.25) is 33.2 Å². The maximum absolute atomic E-state index is 15.0. The van der Waals surface area contributed by atoms with E-state index in [2.05, 4.69) is 172 Å². The first-order valence-corrected chi connectivity index (χ1v) is 27.2. The fraction of sp³-hybridized carbons (Fsp3) is 0.540. The predicted molar refractivity (Wildman–Crippen MR) is 251 cm³/mol. The van der Waals surface area contributed by atoms with Gasteiger partial charge in [-0.3, -0.25) is 4.79 Å². The number of aliphatic hydroxyl groups excluding tert-OH is 1. The maximum Gasteiger partial charge on any atom is 0.195 e. The molecule has 0 radical (unpaired) electrons. The Bertz CT molecular complexity index is 2320. The molecule has 1 N–H and O–H groups in total. The zero-order valence-electron chi connectivity index (χ0n) is 37.5. The lowest BCUT2D eigenvalue weighted by atomic mass is 9.88. The minimum Gasteiger partial charge on any atom is -0.384 e. The number of hydrogen-bond donors (Lipinski definition) is 1. The summed E-state index contributed by atoms with van der Waals surface area (Å²) in [6.45, 7) is 41.7. The second-order valence-electron chi connectivity index (χ2n) is 20.8. The van der Waals surface area contributed by atoms with Crippen LogP contribution in [-0.2, 0) is 10.8 Å². The SMILES string of the molecule is CC(C)[Si](C#Cc1cc2c3c(c(C#C[Si](C(C)C)(C(C)C)C(C)C)cc2c2c1-c1sc(C(C)(C)C)cc1C2=O)-c1sc(C(C)(C)C)cc1C3O)(C(C)C)C(C)C. The molecule has 0 spiro atoms. The van der Waals surface area contributed by atoms with Gasteiger partial charge in [-0.1, -0.05) is 136 Å². The first kappa shape index (κ1) is 42.9. The number of aliphatic hydroxyl groups is 1. The molecule has 6 heteroatoms. The Morgan fingerprint density at radius 2 is 0.982 bits per heavy atom. The molecule has 0 aliphatic heterocycles. The van der Waals surface area contributed by atoms with Crippen molar-refractivity contribution in [2.45, 2.75) is 175 Å². The summed E-state index contributed by atoms with van der Waals surface area (Å²) < 4.78 is 0. The van der Waals surface area contributed by atoms with Gasteiger partial charge in [0.15, 0.2) is 5.78 Å². The van der Waals surface area contributed by atoms with Crippen LogP contribution in [0, 0.1) is 22.9 Å². The van der Waals surface area contributed by atoms with Crippen LogP contribution in [0.15, 0.2) is 24.3 Å². The molecule has 0 amide bonds. The summed E-state index contributed by atoms with van der Waals surface area (Å²) in [5.74, 6) is 7.77. The summed E-state index contributed by atoms with van der Waals surface area (Å²) in [7, 11) is -4.22. The second kappa shape index (κ2) is 14.5. The number of benzene rings is 2. The maximum atomic E-state index is 15.0. The topological polar surface area (TPSA) is 37.3 Å². The molecule has 2 aliphatic carbocycles. The highest BCUT2D eigenvalue weighted by atomic mass is 32.1. The third-order valence-corrected chi connectivity index (χ3v) is 29.3. The van der Waals surface area contributed by atoms with Crippen molar-refractivity contribution in [3.05, 3.63) is 67.4 Å². The van der Waals surface area contributed by atoms with E-state index in [4.69, 9.17) is 0 Å². The Kier molecular flexibility index (Phi) is 11.1. The van der Waals surface area contributed by atoms with E-state index in [0.29, 0.717) is 33.2 Å². The lowest BCUT2D eigenvalue weighted by Crippen LogP contribution is -2.43. The van der Waals surface area contributed by atoms with Crippen LogP contribution in [0.5, 0.6) is 0 Å². The van der Waals surface area contributed by atoms with Crippen molar-refractivity contribution >= 4 is 55.4 Å². The third-order valence-electron chi connectivity index (χ3n) is 13.5. The van der Waals surface area contributed by atoms with Crippen LogP contribution in [0.25, 0.3) is 31.7 Å². The third kappa shape index (κ3) is 6.50. The number of carbonyl (C=O) groups is 1. The van der Waals surface area contributed by atoms with E-state index < -0.39 is 22.3 Å². The standard InChI is InChI=1S/C50H66O2S2Si2/c1-27(2)55(28(3)4,29(5)6)21-19-33-23-35-36(43-41(33)47-37(45(43)51)25-39(53-47)49(13,14)15)24-34(20-22-56(30(7)8,31(9)10)32(11)12)42-44(35)46(52)38-26-40(50(16,17)18)54-48(38)42/h23-32,45,51H,1-18H3. The van der Waals surface area contributed by atoms with Gasteiger partial charge >= 0.3 is 0 Å². The molecule has 2 nitrogen and oxygen atoms in total. The number of thiophene rings is 2. The van der Waals surface area contributed by atoms with Gasteiger partial charge in [-0.25, -0.2) is 0 Å². The van der Waals surface area contributed by atoms with Gasteiger partial charge in [0.1, 0.15) is 22.3 Å². The zero-order valence-corrected chi connectivity index (χ0v) is 41.2. The van der Waals surface area contributed by atoms with Crippen LogP contribution in [-0.4, -0.2) is 27.0 Å². The van der Waals surface area contributed by atoms with Crippen molar-refractivity contribution in [2.24, 2.45) is 0 Å². The highest BCUT2D eigenvalue weighted by Gasteiger charge is 2.44. The number of hydrogen-bond acceptors (Lipinski definition) is 4. The summed E-state index contributed by atoms with van der Waals surface area (Å²) in [5, 5.41) is 14.4. The Balaban J connectivity index is 1.79. The summed E-state index contributed by atoms with van der Waals surface area (Å²) in [6, 6.07) is 8.84. The number of ketones is 1. The molecule has 6 rings (SSSR count). The average molecular weight is 819 g/mol. The first-order chi connectivity index (χ1) is 25.8. The number of fused-ring (bicyclic) bond motifs is 9. The van der Waals surface area contributed by atoms with E-state index in [1.807, 2.05) is 0 Å². The molecule has 2 aromatic carbocycles. The molecule has 56 heavy (non-hydrogen) atoms. The van der Waals surface area contributed by atoms with Crippen molar-refractivity contribution in [1.82, 2.24) is 0 Å². The molecular weight excluding hydrogens is 753 g/mol. The molecular formula is C50H66O2S2Si2. The molecule has 0 bridgehead atoms. The van der Waals surface area contributed by atoms with Crippen LogP contribution in [0.1, 0.15) is 179 Å². The summed E-state index contributed by atoms with van der Waals surface area (Å²) in [4.78, 5) is 19.6. The molecule has 1 atom stereocenters. The number of rotatable bonds is 6. The minimum atomic E-state index is -2.11. The van der Waals surface area contributed by atoms with Gasteiger partial charge in [-0.2, -0.15) is 0 Å². The van der Waals surface area contributed by atoms with E-state index in [-0.39, 0.29) is 16.6 Å². The van der Waals surface area contributed by atoms with Gasteiger partial charge in [0, 0.05) is 64.0 Å². The lowest BCUT2D eigenvalue weighted by Gasteiger charge is -2.38. The molecule has 1 unspecified atom stereocenters. The van der Waals surface area contributed by atoms with Crippen LogP contribution < -0.4 is 0 Å². The van der Waals surface area contributed by atoms with Gasteiger partial charge in [-0.15, -0.1) is 33.8 Å². The highest BCUT2D eigenvalue weighted by Crippen LogP contribution is 2.56. The molecule has 2 heterocycles. The van der Waals surface area contributed by atoms with Crippen LogP contribution >= 0.6 is 22.7 Å². The predicted octanol–water partition coefficient (Wildman–Crippen LogP) is 15.0. The van der Waals surface area contributed by atoms with E-state index >= 15 is 0 Å². The van der Waals surface area contributed by atoms with Crippen molar-refractivity contribution in [3.8, 4) is 43.8 Å². The van der Waals surface area contributed by atoms with E-state index in [0.717, 1.165) is 65.0 Å². The largest absolute Gasteiger partial charge is 0.384 e. The van der Waals surface area contributed by atoms with E-state index in [9.17, 15) is 9.90 Å². The van der Waals surface area contributed by atoms with Gasteiger partial charge < -0.3 is 5.11 Å². The molecule has 0 saturated heterocycles. The molecule has 2 aromatic heterocycles. The lowest BCUT2D eigenvalue weighted by molar-refractivity contribution is 0.104. The van der Waals surface area contributed by atoms with Gasteiger partial charge in [0.25, 0.3) is 0 Å². The first-order valence-electron chi connectivity index (χ1n) is 21.1. The van der Waals surface area contributed by atoms with Crippen LogP contribution in [0.4, 0.5) is 0 Å². The fourth-order valence-corrected chi connectivity index (χ4v) is 23.6. The Morgan fingerprint density at radius 1 is 0.571 bits per heavy atom. The van der Waals surface area contributed by atoms with Gasteiger partial charge in [0.2, 0.25) is 0 Å². The smallest absolute Gasteiger partial charge is 0.195 e. The quantitative estimate of drug-likeness (QED) is 0.137. The Morgan fingerprint density at radius 3 is 1.43 bits per heavy atom. The van der Waals surface area contributed by atoms with E-state index in [1.54, 1.807) is 22.7 Å². The van der Waals surface area contributed by atoms with Gasteiger partial charge in [0.05, 0.1) is 0 Å². The normalized spacial score (nSPS) is 15.6. The highest BCUT2D eigenvalue weighted by molar-refractivity contribution is 7.16. The number of carbonyl (C=O) groups excluding carboxylic acids is 1. The molecule has 0 fully saturated rings. The van der Waals surface area contributed by atoms with Crippen molar-refractivity contribution in [2.75, 3.05) is 0 Å². The van der Waals surface area contributed by atoms with Gasteiger partial charge in [-0.05, 0) is 79.1 Å². The van der Waals surface area contributed by atoms with E-state index in [1.165, 1.54) is 9.75 Å². The fourth-order valence-electron chi connectivity index (χ4n) is 10.6. The average Bonchev–Trinajstić information content (AvgIpc) is 3.82. The van der Waals surface area contributed by atoms with Crippen molar-refractivity contribution in [1.29, 1.82) is 0 Å². The second-order valence-corrected chi connectivity index (χ2v) is 34.0. The Labute approximate surface area is 349 Å². The van der Waals surface area contributed by atoms with Crippen molar-refractivity contribution in [3.63, 3.8) is 0 Å². The summed E-state index contributed by atoms with van der Waals surface area (Å²) >= 11 is 3.55. The van der Waals surface area contributed by atoms with Crippen LogP contribution in [0.3, 0.4) is 0 Å². The molecule has 4 aromatic rings. The monoisotopic (exact) mass is 818 g/mol. The summed E-state index contributed by atoms with van der Waals surface area (Å²) in [5.41, 5.74) is 18.1. The zero-order chi connectivity index (χ0) is 41.8.